The Bertz CT molecular complexity index is 598. The Balaban J connectivity index is 2.24. The normalized spacial score (nSPS) is 12.1. The van der Waals surface area contributed by atoms with Gasteiger partial charge in [0.25, 0.3) is 5.69 Å². The van der Waals surface area contributed by atoms with Crippen molar-refractivity contribution >= 4 is 17.3 Å². The van der Waals surface area contributed by atoms with Crippen LogP contribution in [0.3, 0.4) is 0 Å². The Kier molecular flexibility index (Phi) is 4.17. The number of rotatable bonds is 4. The molecule has 0 fully saturated rings. The smallest absolute Gasteiger partial charge is 0.258 e. The number of alkyl halides is 1. The summed E-state index contributed by atoms with van der Waals surface area (Å²) in [5.41, 5.74) is 2.90. The summed E-state index contributed by atoms with van der Waals surface area (Å²) in [6.45, 7) is 2.00. The van der Waals surface area contributed by atoms with Crippen molar-refractivity contribution in [2.45, 2.75) is 18.7 Å². The van der Waals surface area contributed by atoms with Crippen LogP contribution < -0.4 is 0 Å². The van der Waals surface area contributed by atoms with E-state index in [0.717, 1.165) is 11.1 Å². The van der Waals surface area contributed by atoms with Crippen LogP contribution >= 0.6 is 11.6 Å². The molecule has 2 rings (SSSR count). The van der Waals surface area contributed by atoms with Gasteiger partial charge in [-0.25, -0.2) is 0 Å². The predicted octanol–water partition coefficient (Wildman–Crippen LogP) is 4.43. The molecule has 0 aliphatic rings. The van der Waals surface area contributed by atoms with Crippen LogP contribution in [0, 0.1) is 17.0 Å². The molecule has 19 heavy (non-hydrogen) atoms. The third kappa shape index (κ3) is 3.32. The van der Waals surface area contributed by atoms with Gasteiger partial charge in [0.15, 0.2) is 0 Å². The van der Waals surface area contributed by atoms with Gasteiger partial charge in [0.1, 0.15) is 0 Å². The van der Waals surface area contributed by atoms with Crippen LogP contribution in [-0.2, 0) is 6.42 Å². The molecular weight excluding hydrogens is 262 g/mol. The first-order valence-corrected chi connectivity index (χ1v) is 6.44. The summed E-state index contributed by atoms with van der Waals surface area (Å²) < 4.78 is 0. The molecule has 0 amide bonds. The summed E-state index contributed by atoms with van der Waals surface area (Å²) in [5, 5.41) is 10.7. The molecule has 0 aliphatic carbocycles. The average molecular weight is 276 g/mol. The monoisotopic (exact) mass is 275 g/mol. The molecule has 3 nitrogen and oxygen atoms in total. The molecule has 0 aliphatic heterocycles. The Morgan fingerprint density at radius 2 is 1.95 bits per heavy atom. The van der Waals surface area contributed by atoms with Crippen molar-refractivity contribution in [2.24, 2.45) is 0 Å². The first kappa shape index (κ1) is 13.6. The summed E-state index contributed by atoms with van der Waals surface area (Å²) in [6, 6.07) is 14.6. The van der Waals surface area contributed by atoms with Gasteiger partial charge in [-0.1, -0.05) is 48.0 Å². The lowest BCUT2D eigenvalue weighted by Crippen LogP contribution is -2.00. The van der Waals surface area contributed by atoms with Crippen LogP contribution in [0.15, 0.2) is 48.5 Å². The Hall–Kier alpha value is -1.87. The number of nitrogens with zero attached hydrogens (tertiary/aromatic N) is 1. The van der Waals surface area contributed by atoms with Crippen LogP contribution in [0.1, 0.15) is 22.1 Å². The van der Waals surface area contributed by atoms with Crippen molar-refractivity contribution in [2.75, 3.05) is 0 Å². The van der Waals surface area contributed by atoms with Crippen molar-refractivity contribution in [1.29, 1.82) is 0 Å². The van der Waals surface area contributed by atoms with Crippen molar-refractivity contribution in [3.63, 3.8) is 0 Å². The summed E-state index contributed by atoms with van der Waals surface area (Å²) >= 11 is 6.37. The molecular formula is C15H14ClNO2. The Labute approximate surface area is 117 Å². The van der Waals surface area contributed by atoms with Crippen LogP contribution in [-0.4, -0.2) is 4.92 Å². The number of nitro groups is 1. The second-order valence-electron chi connectivity index (χ2n) is 4.47. The van der Waals surface area contributed by atoms with Gasteiger partial charge in [-0.2, -0.15) is 0 Å². The average Bonchev–Trinajstić information content (AvgIpc) is 2.39. The van der Waals surface area contributed by atoms with Gasteiger partial charge >= 0.3 is 0 Å². The minimum atomic E-state index is -0.366. The van der Waals surface area contributed by atoms with E-state index in [1.807, 2.05) is 31.2 Å². The number of aryl methyl sites for hydroxylation is 1. The first-order valence-electron chi connectivity index (χ1n) is 6.01. The van der Waals surface area contributed by atoms with E-state index in [0.29, 0.717) is 12.0 Å². The number of para-hydroxylation sites is 1. The quantitative estimate of drug-likeness (QED) is 0.471. The molecule has 1 atom stereocenters. The van der Waals surface area contributed by atoms with Crippen molar-refractivity contribution < 1.29 is 4.92 Å². The van der Waals surface area contributed by atoms with Crippen LogP contribution in [0.2, 0.25) is 0 Å². The lowest BCUT2D eigenvalue weighted by molar-refractivity contribution is -0.385. The van der Waals surface area contributed by atoms with E-state index in [2.05, 4.69) is 0 Å². The lowest BCUT2D eigenvalue weighted by atomic mass is 10.0. The maximum Gasteiger partial charge on any atom is 0.272 e. The van der Waals surface area contributed by atoms with E-state index in [-0.39, 0.29) is 16.0 Å². The molecule has 0 bridgehead atoms. The fourth-order valence-electron chi connectivity index (χ4n) is 2.04. The highest BCUT2D eigenvalue weighted by atomic mass is 35.5. The van der Waals surface area contributed by atoms with Crippen molar-refractivity contribution in [3.8, 4) is 0 Å². The van der Waals surface area contributed by atoms with Gasteiger partial charge in [-0.05, 0) is 18.9 Å². The fraction of sp³-hybridized carbons (Fsp3) is 0.200. The predicted molar refractivity (Wildman–Crippen MR) is 76.6 cm³/mol. The zero-order valence-electron chi connectivity index (χ0n) is 10.5. The second-order valence-corrected chi connectivity index (χ2v) is 5.00. The fourth-order valence-corrected chi connectivity index (χ4v) is 2.34. The Morgan fingerprint density at radius 1 is 1.21 bits per heavy atom. The molecule has 2 aromatic carbocycles. The zero-order chi connectivity index (χ0) is 13.8. The highest BCUT2D eigenvalue weighted by Gasteiger charge is 2.17. The van der Waals surface area contributed by atoms with Gasteiger partial charge in [0.2, 0.25) is 0 Å². The number of halogens is 1. The van der Waals surface area contributed by atoms with Crippen LogP contribution in [0.4, 0.5) is 5.69 Å². The lowest BCUT2D eigenvalue weighted by Gasteiger charge is -2.11. The van der Waals surface area contributed by atoms with Gasteiger partial charge in [-0.3, -0.25) is 10.1 Å². The standard InChI is InChI=1S/C15H14ClNO2/c1-11-5-4-7-12(9-11)14(16)10-13-6-2-3-8-15(13)17(18)19/h2-9,14H,10H2,1H3. The maximum atomic E-state index is 11.0. The molecule has 0 saturated heterocycles. The largest absolute Gasteiger partial charge is 0.272 e. The minimum absolute atomic E-state index is 0.126. The molecule has 4 heteroatoms. The van der Waals surface area contributed by atoms with Gasteiger partial charge in [-0.15, -0.1) is 11.6 Å². The highest BCUT2D eigenvalue weighted by molar-refractivity contribution is 6.21. The molecule has 0 radical (unpaired) electrons. The molecule has 0 saturated carbocycles. The maximum absolute atomic E-state index is 11.0. The van der Waals surface area contributed by atoms with E-state index in [1.54, 1.807) is 18.2 Å². The number of nitro benzene ring substituents is 1. The third-order valence-electron chi connectivity index (χ3n) is 2.99. The molecule has 0 N–H and O–H groups in total. The topological polar surface area (TPSA) is 43.1 Å². The number of benzene rings is 2. The van der Waals surface area contributed by atoms with E-state index in [1.165, 1.54) is 6.07 Å². The van der Waals surface area contributed by atoms with E-state index >= 15 is 0 Å². The van der Waals surface area contributed by atoms with Crippen LogP contribution in [0.5, 0.6) is 0 Å². The van der Waals surface area contributed by atoms with E-state index < -0.39 is 0 Å². The van der Waals surface area contributed by atoms with Crippen LogP contribution in [0.25, 0.3) is 0 Å². The number of hydrogen-bond donors (Lipinski definition) is 0. The molecule has 0 aromatic heterocycles. The molecule has 98 valence electrons. The van der Waals surface area contributed by atoms with E-state index in [9.17, 15) is 10.1 Å². The SMILES string of the molecule is Cc1cccc(C(Cl)Cc2ccccc2[N+](=O)[O-])c1. The molecule has 0 spiro atoms. The minimum Gasteiger partial charge on any atom is -0.258 e. The zero-order valence-corrected chi connectivity index (χ0v) is 11.3. The van der Waals surface area contributed by atoms with Gasteiger partial charge < -0.3 is 0 Å². The summed E-state index contributed by atoms with van der Waals surface area (Å²) in [7, 11) is 0. The van der Waals surface area contributed by atoms with Gasteiger partial charge in [0.05, 0.1) is 10.3 Å². The van der Waals surface area contributed by atoms with Gasteiger partial charge in [0, 0.05) is 11.6 Å². The molecule has 2 aromatic rings. The van der Waals surface area contributed by atoms with Crippen molar-refractivity contribution in [3.05, 3.63) is 75.3 Å². The molecule has 1 unspecified atom stereocenters. The summed E-state index contributed by atoms with van der Waals surface area (Å²) in [4.78, 5) is 10.6. The highest BCUT2D eigenvalue weighted by Crippen LogP contribution is 2.29. The first-order chi connectivity index (χ1) is 9.08. The summed E-state index contributed by atoms with van der Waals surface area (Å²) in [6.07, 6.45) is 0.447. The number of hydrogen-bond acceptors (Lipinski definition) is 2. The Morgan fingerprint density at radius 3 is 2.63 bits per heavy atom. The third-order valence-corrected chi connectivity index (χ3v) is 3.40. The second kappa shape index (κ2) is 5.85. The summed E-state index contributed by atoms with van der Waals surface area (Å²) in [5.74, 6) is 0. The van der Waals surface area contributed by atoms with E-state index in [4.69, 9.17) is 11.6 Å². The van der Waals surface area contributed by atoms with Crippen molar-refractivity contribution in [1.82, 2.24) is 0 Å². The molecule has 0 heterocycles.